The van der Waals surface area contributed by atoms with E-state index in [0.717, 1.165) is 12.8 Å². The summed E-state index contributed by atoms with van der Waals surface area (Å²) < 4.78 is 0. The van der Waals surface area contributed by atoms with Crippen LogP contribution in [0.2, 0.25) is 0 Å². The maximum atomic E-state index is 10.4. The zero-order valence-electron chi connectivity index (χ0n) is 15.6. The first-order valence-electron chi connectivity index (χ1n) is 9.99. The Morgan fingerprint density at radius 3 is 1.09 bits per heavy atom. The van der Waals surface area contributed by atoms with E-state index in [1.807, 2.05) is 0 Å². The fourth-order valence-corrected chi connectivity index (χ4v) is 3.00. The van der Waals surface area contributed by atoms with Crippen molar-refractivity contribution in [2.24, 2.45) is 0 Å². The molecule has 0 atom stereocenters. The van der Waals surface area contributed by atoms with Crippen molar-refractivity contribution in [3.8, 4) is 0 Å². The molecule has 23 heavy (non-hydrogen) atoms. The number of carboxylic acid groups (broad SMARTS) is 1. The first kappa shape index (κ1) is 25.4. The molecule has 0 aliphatic rings. The SMILES string of the molecule is CCCCCCCCCCCCCCCCCCCC(=O)O.[Ti]. The summed E-state index contributed by atoms with van der Waals surface area (Å²) in [5, 5.41) is 8.54. The predicted molar refractivity (Wildman–Crippen MR) is 96.4 cm³/mol. The summed E-state index contributed by atoms with van der Waals surface area (Å²) in [5.74, 6) is -0.652. The van der Waals surface area contributed by atoms with Crippen LogP contribution < -0.4 is 0 Å². The third-order valence-corrected chi connectivity index (χ3v) is 4.49. The summed E-state index contributed by atoms with van der Waals surface area (Å²) in [6, 6.07) is 0. The van der Waals surface area contributed by atoms with Gasteiger partial charge in [-0.2, -0.15) is 0 Å². The summed E-state index contributed by atoms with van der Waals surface area (Å²) in [6.07, 6.45) is 23.1. The molecule has 0 saturated carbocycles. The van der Waals surface area contributed by atoms with Gasteiger partial charge in [0.05, 0.1) is 0 Å². The number of carbonyl (C=O) groups is 1. The van der Waals surface area contributed by atoms with E-state index in [1.54, 1.807) is 0 Å². The van der Waals surface area contributed by atoms with Crippen LogP contribution in [0.1, 0.15) is 122 Å². The molecule has 1 N–H and O–H groups in total. The van der Waals surface area contributed by atoms with E-state index in [0.29, 0.717) is 6.42 Å². The number of aliphatic carboxylic acids is 1. The minimum Gasteiger partial charge on any atom is -0.481 e. The average Bonchev–Trinajstić information content (AvgIpc) is 2.50. The number of rotatable bonds is 18. The van der Waals surface area contributed by atoms with Crippen LogP contribution in [0.5, 0.6) is 0 Å². The summed E-state index contributed by atoms with van der Waals surface area (Å²) in [7, 11) is 0. The van der Waals surface area contributed by atoms with E-state index < -0.39 is 5.97 Å². The molecule has 0 bridgehead atoms. The largest absolute Gasteiger partial charge is 0.481 e. The number of unbranched alkanes of at least 4 members (excludes halogenated alkanes) is 16. The van der Waals surface area contributed by atoms with E-state index in [1.165, 1.54) is 96.3 Å². The van der Waals surface area contributed by atoms with Crippen LogP contribution in [0.4, 0.5) is 0 Å². The van der Waals surface area contributed by atoms with E-state index in [9.17, 15) is 4.79 Å². The normalized spacial score (nSPS) is 10.5. The van der Waals surface area contributed by atoms with Crippen LogP contribution in [0.25, 0.3) is 0 Å². The molecular formula is C20H40O2Ti. The van der Waals surface area contributed by atoms with Gasteiger partial charge in [0, 0.05) is 28.1 Å². The molecule has 0 rings (SSSR count). The fourth-order valence-electron chi connectivity index (χ4n) is 3.00. The van der Waals surface area contributed by atoms with Gasteiger partial charge in [-0.1, -0.05) is 110 Å². The van der Waals surface area contributed by atoms with Crippen molar-refractivity contribution < 1.29 is 31.6 Å². The molecular weight excluding hydrogens is 320 g/mol. The maximum Gasteiger partial charge on any atom is 0.303 e. The van der Waals surface area contributed by atoms with Crippen molar-refractivity contribution in [2.75, 3.05) is 0 Å². The molecule has 0 aliphatic carbocycles. The fraction of sp³-hybridized carbons (Fsp3) is 0.950. The molecule has 0 heterocycles. The molecule has 0 spiro atoms. The van der Waals surface area contributed by atoms with Crippen LogP contribution in [-0.2, 0) is 26.5 Å². The molecule has 0 fully saturated rings. The average molecular weight is 360 g/mol. The number of hydrogen-bond acceptors (Lipinski definition) is 1. The molecule has 0 aromatic heterocycles. The minimum absolute atomic E-state index is 0. The molecule has 0 aromatic rings. The summed E-state index contributed by atoms with van der Waals surface area (Å²) >= 11 is 0. The quantitative estimate of drug-likeness (QED) is 0.209. The second-order valence-electron chi connectivity index (χ2n) is 6.80. The molecule has 0 aromatic carbocycles. The zero-order valence-corrected chi connectivity index (χ0v) is 17.1. The van der Waals surface area contributed by atoms with Gasteiger partial charge in [0.25, 0.3) is 0 Å². The van der Waals surface area contributed by atoms with E-state index in [2.05, 4.69) is 6.92 Å². The zero-order chi connectivity index (χ0) is 16.3. The Morgan fingerprint density at radius 1 is 0.565 bits per heavy atom. The maximum absolute atomic E-state index is 10.4. The Balaban J connectivity index is 0. The van der Waals surface area contributed by atoms with Crippen molar-refractivity contribution >= 4 is 5.97 Å². The van der Waals surface area contributed by atoms with Gasteiger partial charge in [0.2, 0.25) is 0 Å². The number of hydrogen-bond donors (Lipinski definition) is 1. The molecule has 0 radical (unpaired) electrons. The van der Waals surface area contributed by atoms with Crippen LogP contribution >= 0.6 is 0 Å². The number of carboxylic acids is 1. The van der Waals surface area contributed by atoms with Crippen molar-refractivity contribution in [3.63, 3.8) is 0 Å². The van der Waals surface area contributed by atoms with Gasteiger partial charge in [-0.15, -0.1) is 0 Å². The molecule has 136 valence electrons. The first-order chi connectivity index (χ1) is 10.8. The Bertz CT molecular complexity index is 232. The van der Waals surface area contributed by atoms with Gasteiger partial charge in [-0.3, -0.25) is 4.79 Å². The second kappa shape index (κ2) is 22.2. The summed E-state index contributed by atoms with van der Waals surface area (Å²) in [5.41, 5.74) is 0. The standard InChI is InChI=1S/C20H40O2.Ti/c1-2-3-4-5-6-7-8-9-10-11-12-13-14-15-16-17-18-19-20(21)22;/h2-19H2,1H3,(H,21,22);. The minimum atomic E-state index is -0.652. The predicted octanol–water partition coefficient (Wildman–Crippen LogP) is 7.11. The van der Waals surface area contributed by atoms with Gasteiger partial charge < -0.3 is 5.11 Å². The monoisotopic (exact) mass is 360 g/mol. The van der Waals surface area contributed by atoms with Crippen LogP contribution in [0, 0.1) is 0 Å². The summed E-state index contributed by atoms with van der Waals surface area (Å²) in [4.78, 5) is 10.4. The van der Waals surface area contributed by atoms with Gasteiger partial charge in [0.15, 0.2) is 0 Å². The Morgan fingerprint density at radius 2 is 0.826 bits per heavy atom. The van der Waals surface area contributed by atoms with Gasteiger partial charge >= 0.3 is 5.97 Å². The first-order valence-corrected chi connectivity index (χ1v) is 9.99. The smallest absolute Gasteiger partial charge is 0.303 e. The molecule has 3 heteroatoms. The Kier molecular flexibility index (Phi) is 24.5. The third-order valence-electron chi connectivity index (χ3n) is 4.49. The molecule has 2 nitrogen and oxygen atoms in total. The third kappa shape index (κ3) is 24.6. The Hall–Kier alpha value is 0.184. The van der Waals surface area contributed by atoms with Gasteiger partial charge in [-0.25, -0.2) is 0 Å². The van der Waals surface area contributed by atoms with Gasteiger partial charge in [0.1, 0.15) is 0 Å². The van der Waals surface area contributed by atoms with Crippen molar-refractivity contribution in [3.05, 3.63) is 0 Å². The second-order valence-corrected chi connectivity index (χ2v) is 6.80. The van der Waals surface area contributed by atoms with E-state index in [4.69, 9.17) is 5.11 Å². The van der Waals surface area contributed by atoms with Gasteiger partial charge in [-0.05, 0) is 6.42 Å². The van der Waals surface area contributed by atoms with Crippen molar-refractivity contribution in [1.29, 1.82) is 0 Å². The van der Waals surface area contributed by atoms with Crippen molar-refractivity contribution in [1.82, 2.24) is 0 Å². The Labute approximate surface area is 160 Å². The topological polar surface area (TPSA) is 37.3 Å². The van der Waals surface area contributed by atoms with E-state index >= 15 is 0 Å². The van der Waals surface area contributed by atoms with Crippen molar-refractivity contribution in [2.45, 2.75) is 122 Å². The molecule has 0 unspecified atom stereocenters. The van der Waals surface area contributed by atoms with Crippen LogP contribution in [0.15, 0.2) is 0 Å². The molecule has 0 saturated heterocycles. The van der Waals surface area contributed by atoms with Crippen LogP contribution in [0.3, 0.4) is 0 Å². The summed E-state index contributed by atoms with van der Waals surface area (Å²) in [6.45, 7) is 2.28. The van der Waals surface area contributed by atoms with E-state index in [-0.39, 0.29) is 21.7 Å². The molecule has 0 amide bonds. The molecule has 0 aliphatic heterocycles. The van der Waals surface area contributed by atoms with Crippen LogP contribution in [-0.4, -0.2) is 11.1 Å².